The van der Waals surface area contributed by atoms with E-state index in [-0.39, 0.29) is 11.8 Å². The molecule has 1 aromatic rings. The Hall–Kier alpha value is -1.38. The summed E-state index contributed by atoms with van der Waals surface area (Å²) in [5, 5.41) is 2.92. The van der Waals surface area contributed by atoms with Gasteiger partial charge >= 0.3 is 0 Å². The molecule has 0 aliphatic carbocycles. The molecule has 1 fully saturated rings. The topological polar surface area (TPSA) is 42.0 Å². The second-order valence-electron chi connectivity index (χ2n) is 4.02. The Kier molecular flexibility index (Phi) is 3.33. The zero-order chi connectivity index (χ0) is 10.5. The Morgan fingerprint density at radius 1 is 1.40 bits per heavy atom. The molecule has 3 heteroatoms. The van der Waals surface area contributed by atoms with Crippen LogP contribution in [-0.2, 0) is 11.2 Å². The van der Waals surface area contributed by atoms with E-state index in [1.54, 1.807) is 12.4 Å². The van der Waals surface area contributed by atoms with Crippen molar-refractivity contribution < 1.29 is 4.79 Å². The molecule has 0 saturated carbocycles. The van der Waals surface area contributed by atoms with Crippen LogP contribution in [0.15, 0.2) is 24.5 Å². The fourth-order valence-corrected chi connectivity index (χ4v) is 2.00. The van der Waals surface area contributed by atoms with Gasteiger partial charge in [0.25, 0.3) is 0 Å². The fourth-order valence-electron chi connectivity index (χ4n) is 2.00. The number of nitrogens with zero attached hydrogens (tertiary/aromatic N) is 1. The molecular weight excluding hydrogens is 188 g/mol. The molecule has 2 rings (SSSR count). The van der Waals surface area contributed by atoms with Crippen molar-refractivity contribution in [2.45, 2.75) is 25.7 Å². The Morgan fingerprint density at radius 3 is 2.93 bits per heavy atom. The number of nitrogens with one attached hydrogen (secondary N) is 1. The van der Waals surface area contributed by atoms with Gasteiger partial charge in [-0.2, -0.15) is 0 Å². The van der Waals surface area contributed by atoms with Gasteiger partial charge in [0, 0.05) is 24.9 Å². The van der Waals surface area contributed by atoms with Crippen LogP contribution in [-0.4, -0.2) is 17.4 Å². The first kappa shape index (κ1) is 10.1. The van der Waals surface area contributed by atoms with Crippen molar-refractivity contribution in [3.63, 3.8) is 0 Å². The van der Waals surface area contributed by atoms with E-state index in [1.165, 1.54) is 5.56 Å². The molecule has 80 valence electrons. The van der Waals surface area contributed by atoms with Crippen molar-refractivity contribution >= 4 is 5.91 Å². The SMILES string of the molecule is O=C1NCCC[C@@H]1CCc1ccncc1. The molecule has 0 spiro atoms. The van der Waals surface area contributed by atoms with Gasteiger partial charge in [-0.15, -0.1) is 0 Å². The molecular formula is C12H16N2O. The summed E-state index contributed by atoms with van der Waals surface area (Å²) in [6.07, 6.45) is 7.69. The molecule has 0 bridgehead atoms. The monoisotopic (exact) mass is 204 g/mol. The van der Waals surface area contributed by atoms with E-state index >= 15 is 0 Å². The highest BCUT2D eigenvalue weighted by Gasteiger charge is 2.21. The van der Waals surface area contributed by atoms with Gasteiger partial charge in [-0.3, -0.25) is 9.78 Å². The molecule has 1 aromatic heterocycles. The minimum Gasteiger partial charge on any atom is -0.356 e. The summed E-state index contributed by atoms with van der Waals surface area (Å²) in [5.41, 5.74) is 1.27. The lowest BCUT2D eigenvalue weighted by Gasteiger charge is -2.21. The summed E-state index contributed by atoms with van der Waals surface area (Å²) in [4.78, 5) is 15.5. The molecule has 1 saturated heterocycles. The average molecular weight is 204 g/mol. The quantitative estimate of drug-likeness (QED) is 0.811. The molecule has 1 amide bonds. The van der Waals surface area contributed by atoms with Crippen LogP contribution in [0.2, 0.25) is 0 Å². The molecule has 0 radical (unpaired) electrons. The Morgan fingerprint density at radius 2 is 2.20 bits per heavy atom. The molecule has 2 heterocycles. The minimum atomic E-state index is 0.215. The zero-order valence-corrected chi connectivity index (χ0v) is 8.78. The van der Waals surface area contributed by atoms with Crippen LogP contribution in [0.5, 0.6) is 0 Å². The highest BCUT2D eigenvalue weighted by molar-refractivity contribution is 5.79. The van der Waals surface area contributed by atoms with Crippen molar-refractivity contribution in [3.05, 3.63) is 30.1 Å². The molecule has 0 aromatic carbocycles. The zero-order valence-electron chi connectivity index (χ0n) is 8.78. The van der Waals surface area contributed by atoms with Crippen molar-refractivity contribution in [3.8, 4) is 0 Å². The largest absolute Gasteiger partial charge is 0.356 e. The lowest BCUT2D eigenvalue weighted by Crippen LogP contribution is -2.36. The first-order valence-corrected chi connectivity index (χ1v) is 5.53. The lowest BCUT2D eigenvalue weighted by molar-refractivity contribution is -0.126. The predicted molar refractivity (Wildman–Crippen MR) is 58.3 cm³/mol. The molecule has 15 heavy (non-hydrogen) atoms. The molecule has 3 nitrogen and oxygen atoms in total. The van der Waals surface area contributed by atoms with Crippen LogP contribution >= 0.6 is 0 Å². The normalized spacial score (nSPS) is 21.1. The number of hydrogen-bond acceptors (Lipinski definition) is 2. The second-order valence-corrected chi connectivity index (χ2v) is 4.02. The third-order valence-electron chi connectivity index (χ3n) is 2.93. The fraction of sp³-hybridized carbons (Fsp3) is 0.500. The number of carbonyl (C=O) groups is 1. The number of aromatic nitrogens is 1. The van der Waals surface area contributed by atoms with E-state index in [9.17, 15) is 4.79 Å². The number of pyridine rings is 1. The molecule has 0 unspecified atom stereocenters. The van der Waals surface area contributed by atoms with E-state index in [0.717, 1.165) is 32.2 Å². The maximum atomic E-state index is 11.5. The van der Waals surface area contributed by atoms with Crippen molar-refractivity contribution in [1.29, 1.82) is 0 Å². The lowest BCUT2D eigenvalue weighted by atomic mass is 9.92. The van der Waals surface area contributed by atoms with Gasteiger partial charge in [-0.1, -0.05) is 0 Å². The Bertz CT molecular complexity index is 324. The summed E-state index contributed by atoms with van der Waals surface area (Å²) >= 11 is 0. The third kappa shape index (κ3) is 2.78. The van der Waals surface area contributed by atoms with E-state index in [4.69, 9.17) is 0 Å². The maximum absolute atomic E-state index is 11.5. The van der Waals surface area contributed by atoms with Gasteiger partial charge in [0.05, 0.1) is 0 Å². The van der Waals surface area contributed by atoms with Crippen molar-refractivity contribution in [1.82, 2.24) is 10.3 Å². The predicted octanol–water partition coefficient (Wildman–Crippen LogP) is 1.54. The third-order valence-corrected chi connectivity index (χ3v) is 2.93. The highest BCUT2D eigenvalue weighted by atomic mass is 16.1. The van der Waals surface area contributed by atoms with E-state index < -0.39 is 0 Å². The summed E-state index contributed by atoms with van der Waals surface area (Å²) in [6.45, 7) is 0.852. The molecule has 1 aliphatic rings. The Labute approximate surface area is 89.9 Å². The molecule has 1 N–H and O–H groups in total. The van der Waals surface area contributed by atoms with Crippen LogP contribution in [0.25, 0.3) is 0 Å². The number of piperidine rings is 1. The number of aryl methyl sites for hydroxylation is 1. The van der Waals surface area contributed by atoms with Gasteiger partial charge in [0.15, 0.2) is 0 Å². The minimum absolute atomic E-state index is 0.215. The molecule has 1 atom stereocenters. The second kappa shape index (κ2) is 4.91. The summed E-state index contributed by atoms with van der Waals surface area (Å²) in [7, 11) is 0. The van der Waals surface area contributed by atoms with Crippen LogP contribution in [0.1, 0.15) is 24.8 Å². The van der Waals surface area contributed by atoms with Crippen LogP contribution in [0.4, 0.5) is 0 Å². The number of rotatable bonds is 3. The smallest absolute Gasteiger partial charge is 0.223 e. The highest BCUT2D eigenvalue weighted by Crippen LogP contribution is 2.17. The Balaban J connectivity index is 1.85. The maximum Gasteiger partial charge on any atom is 0.223 e. The summed E-state index contributed by atoms with van der Waals surface area (Å²) < 4.78 is 0. The van der Waals surface area contributed by atoms with E-state index in [2.05, 4.69) is 10.3 Å². The van der Waals surface area contributed by atoms with Gasteiger partial charge in [-0.25, -0.2) is 0 Å². The van der Waals surface area contributed by atoms with Gasteiger partial charge in [-0.05, 0) is 43.4 Å². The van der Waals surface area contributed by atoms with Crippen molar-refractivity contribution in [2.75, 3.05) is 6.54 Å². The van der Waals surface area contributed by atoms with Gasteiger partial charge in [0.2, 0.25) is 5.91 Å². The summed E-state index contributed by atoms with van der Waals surface area (Å²) in [5.74, 6) is 0.447. The number of carbonyl (C=O) groups excluding carboxylic acids is 1. The number of amides is 1. The standard InChI is InChI=1S/C12H16N2O/c15-12-11(2-1-7-14-12)4-3-10-5-8-13-9-6-10/h5-6,8-9,11H,1-4,7H2,(H,14,15)/t11-/m1/s1. The van der Waals surface area contributed by atoms with Crippen molar-refractivity contribution in [2.24, 2.45) is 5.92 Å². The first-order valence-electron chi connectivity index (χ1n) is 5.53. The van der Waals surface area contributed by atoms with Crippen LogP contribution < -0.4 is 5.32 Å². The van der Waals surface area contributed by atoms with Gasteiger partial charge < -0.3 is 5.32 Å². The van der Waals surface area contributed by atoms with E-state index in [0.29, 0.717) is 0 Å². The summed E-state index contributed by atoms with van der Waals surface area (Å²) in [6, 6.07) is 4.03. The number of hydrogen-bond donors (Lipinski definition) is 1. The average Bonchev–Trinajstić information content (AvgIpc) is 2.29. The van der Waals surface area contributed by atoms with Crippen LogP contribution in [0, 0.1) is 5.92 Å². The van der Waals surface area contributed by atoms with Crippen LogP contribution in [0.3, 0.4) is 0 Å². The molecule has 1 aliphatic heterocycles. The van der Waals surface area contributed by atoms with Gasteiger partial charge in [0.1, 0.15) is 0 Å². The first-order chi connectivity index (χ1) is 7.36. The van der Waals surface area contributed by atoms with E-state index in [1.807, 2.05) is 12.1 Å².